The van der Waals surface area contributed by atoms with Crippen molar-refractivity contribution in [2.45, 2.75) is 12.8 Å². The fraction of sp³-hybridized carbons (Fsp3) is 0.375. The van der Waals surface area contributed by atoms with E-state index >= 15 is 0 Å². The topological polar surface area (TPSA) is 17.1 Å². The number of allylic oxidation sites excluding steroid dienone is 2. The molecule has 0 saturated carbocycles. The zero-order valence-electron chi connectivity index (χ0n) is 5.13. The Kier molecular flexibility index (Phi) is 1.69. The standard InChI is InChI=1S/C8H8O/c1-2-7-4-3-5-8(9)6-7/h1,3,5,7H,4,6H2. The van der Waals surface area contributed by atoms with Gasteiger partial charge in [-0.3, -0.25) is 4.79 Å². The zero-order valence-corrected chi connectivity index (χ0v) is 5.13. The maximum absolute atomic E-state index is 10.6. The number of rotatable bonds is 0. The summed E-state index contributed by atoms with van der Waals surface area (Å²) in [6.07, 6.45) is 9.98. The van der Waals surface area contributed by atoms with Crippen molar-refractivity contribution in [3.63, 3.8) is 0 Å². The molecule has 0 spiro atoms. The monoisotopic (exact) mass is 120 g/mol. The molecule has 0 bridgehead atoms. The third kappa shape index (κ3) is 1.43. The maximum Gasteiger partial charge on any atom is 0.156 e. The molecule has 9 heavy (non-hydrogen) atoms. The van der Waals surface area contributed by atoms with Gasteiger partial charge in [0.05, 0.1) is 0 Å². The van der Waals surface area contributed by atoms with E-state index in [1.165, 1.54) is 0 Å². The van der Waals surface area contributed by atoms with Gasteiger partial charge in [0.15, 0.2) is 5.78 Å². The molecule has 0 radical (unpaired) electrons. The zero-order chi connectivity index (χ0) is 6.69. The average molecular weight is 120 g/mol. The van der Waals surface area contributed by atoms with Crippen molar-refractivity contribution in [1.29, 1.82) is 0 Å². The van der Waals surface area contributed by atoms with Crippen LogP contribution < -0.4 is 0 Å². The summed E-state index contributed by atoms with van der Waals surface area (Å²) in [5, 5.41) is 0. The first kappa shape index (κ1) is 6.10. The minimum absolute atomic E-state index is 0.155. The van der Waals surface area contributed by atoms with E-state index in [0.29, 0.717) is 6.42 Å². The molecule has 0 aliphatic heterocycles. The van der Waals surface area contributed by atoms with Crippen molar-refractivity contribution in [1.82, 2.24) is 0 Å². The summed E-state index contributed by atoms with van der Waals surface area (Å²) >= 11 is 0. The minimum Gasteiger partial charge on any atom is -0.295 e. The molecule has 46 valence electrons. The Hall–Kier alpha value is -1.03. The SMILES string of the molecule is C#CC1CC=CC(=O)C1. The summed E-state index contributed by atoms with van der Waals surface area (Å²) in [5.74, 6) is 2.87. The van der Waals surface area contributed by atoms with Gasteiger partial charge in [0.1, 0.15) is 0 Å². The van der Waals surface area contributed by atoms with Gasteiger partial charge in [-0.2, -0.15) is 0 Å². The Morgan fingerprint density at radius 2 is 2.56 bits per heavy atom. The van der Waals surface area contributed by atoms with Crippen LogP contribution in [0.3, 0.4) is 0 Å². The Bertz CT molecular complexity index is 183. The first-order valence-corrected chi connectivity index (χ1v) is 2.98. The van der Waals surface area contributed by atoms with Gasteiger partial charge in [-0.15, -0.1) is 12.3 Å². The lowest BCUT2D eigenvalue weighted by atomic mass is 9.95. The molecule has 0 aromatic heterocycles. The van der Waals surface area contributed by atoms with E-state index in [1.807, 2.05) is 6.08 Å². The van der Waals surface area contributed by atoms with Crippen molar-refractivity contribution in [2.24, 2.45) is 5.92 Å². The number of ketones is 1. The van der Waals surface area contributed by atoms with Crippen LogP contribution in [0.15, 0.2) is 12.2 Å². The van der Waals surface area contributed by atoms with Gasteiger partial charge < -0.3 is 0 Å². The Labute approximate surface area is 54.8 Å². The molecule has 0 aromatic carbocycles. The van der Waals surface area contributed by atoms with Crippen LogP contribution in [0.25, 0.3) is 0 Å². The van der Waals surface area contributed by atoms with Gasteiger partial charge in [0.25, 0.3) is 0 Å². The van der Waals surface area contributed by atoms with E-state index in [2.05, 4.69) is 5.92 Å². The van der Waals surface area contributed by atoms with Gasteiger partial charge in [-0.05, 0) is 12.5 Å². The highest BCUT2D eigenvalue weighted by atomic mass is 16.1. The van der Waals surface area contributed by atoms with E-state index in [9.17, 15) is 4.79 Å². The molecule has 0 N–H and O–H groups in total. The smallest absolute Gasteiger partial charge is 0.156 e. The van der Waals surface area contributed by atoms with E-state index in [1.54, 1.807) is 6.08 Å². The molecule has 0 saturated heterocycles. The highest BCUT2D eigenvalue weighted by Gasteiger charge is 2.11. The van der Waals surface area contributed by atoms with Gasteiger partial charge in [-0.1, -0.05) is 6.08 Å². The van der Waals surface area contributed by atoms with Crippen molar-refractivity contribution >= 4 is 5.78 Å². The minimum atomic E-state index is 0.155. The number of carbonyl (C=O) groups is 1. The summed E-state index contributed by atoms with van der Waals surface area (Å²) in [6, 6.07) is 0. The average Bonchev–Trinajstić information content (AvgIpc) is 1.88. The third-order valence-electron chi connectivity index (χ3n) is 1.41. The molecule has 1 atom stereocenters. The third-order valence-corrected chi connectivity index (χ3v) is 1.41. The van der Waals surface area contributed by atoms with Crippen LogP contribution in [-0.2, 0) is 4.79 Å². The Balaban J connectivity index is 2.60. The summed E-state index contributed by atoms with van der Waals surface area (Å²) in [4.78, 5) is 10.6. The maximum atomic E-state index is 10.6. The molecule has 1 unspecified atom stereocenters. The van der Waals surface area contributed by atoms with Gasteiger partial charge >= 0.3 is 0 Å². The quantitative estimate of drug-likeness (QED) is 0.438. The van der Waals surface area contributed by atoms with Crippen LogP contribution in [0.1, 0.15) is 12.8 Å². The summed E-state index contributed by atoms with van der Waals surface area (Å²) in [6.45, 7) is 0. The molecular formula is C8H8O. The molecule has 0 aromatic rings. The highest BCUT2D eigenvalue weighted by molar-refractivity contribution is 5.90. The van der Waals surface area contributed by atoms with Crippen LogP contribution in [-0.4, -0.2) is 5.78 Å². The molecule has 1 nitrogen and oxygen atoms in total. The number of terminal acetylenes is 1. The van der Waals surface area contributed by atoms with E-state index < -0.39 is 0 Å². The van der Waals surface area contributed by atoms with E-state index in [-0.39, 0.29) is 11.7 Å². The Morgan fingerprint density at radius 3 is 3.00 bits per heavy atom. The first-order valence-electron chi connectivity index (χ1n) is 2.98. The first-order chi connectivity index (χ1) is 4.33. The molecular weight excluding hydrogens is 112 g/mol. The lowest BCUT2D eigenvalue weighted by molar-refractivity contribution is -0.115. The number of hydrogen-bond donors (Lipinski definition) is 0. The van der Waals surface area contributed by atoms with Gasteiger partial charge in [0.2, 0.25) is 0 Å². The van der Waals surface area contributed by atoms with E-state index in [0.717, 1.165) is 6.42 Å². The molecule has 0 heterocycles. The largest absolute Gasteiger partial charge is 0.295 e. The predicted molar refractivity (Wildman–Crippen MR) is 35.7 cm³/mol. The fourth-order valence-electron chi connectivity index (χ4n) is 0.885. The van der Waals surface area contributed by atoms with Crippen LogP contribution in [0, 0.1) is 18.3 Å². The second-order valence-electron chi connectivity index (χ2n) is 2.17. The summed E-state index contributed by atoms with van der Waals surface area (Å²) in [7, 11) is 0. The molecule has 1 heteroatoms. The van der Waals surface area contributed by atoms with Crippen molar-refractivity contribution in [3.05, 3.63) is 12.2 Å². The van der Waals surface area contributed by atoms with Crippen LogP contribution in [0.4, 0.5) is 0 Å². The lowest BCUT2D eigenvalue weighted by Crippen LogP contribution is -2.07. The second kappa shape index (κ2) is 2.50. The summed E-state index contributed by atoms with van der Waals surface area (Å²) < 4.78 is 0. The van der Waals surface area contributed by atoms with Crippen molar-refractivity contribution in [3.8, 4) is 12.3 Å². The van der Waals surface area contributed by atoms with Gasteiger partial charge in [-0.25, -0.2) is 0 Å². The predicted octanol–water partition coefficient (Wildman–Crippen LogP) is 1.15. The summed E-state index contributed by atoms with van der Waals surface area (Å²) in [5.41, 5.74) is 0. The number of carbonyl (C=O) groups excluding carboxylic acids is 1. The second-order valence-corrected chi connectivity index (χ2v) is 2.17. The molecule has 1 rings (SSSR count). The lowest BCUT2D eigenvalue weighted by Gasteiger charge is -2.08. The molecule has 1 aliphatic carbocycles. The van der Waals surface area contributed by atoms with Crippen molar-refractivity contribution in [2.75, 3.05) is 0 Å². The van der Waals surface area contributed by atoms with Crippen LogP contribution in [0.5, 0.6) is 0 Å². The normalized spacial score (nSPS) is 25.7. The molecule has 0 amide bonds. The van der Waals surface area contributed by atoms with Crippen LogP contribution in [0.2, 0.25) is 0 Å². The Morgan fingerprint density at radius 1 is 1.78 bits per heavy atom. The van der Waals surface area contributed by atoms with E-state index in [4.69, 9.17) is 6.42 Å². The van der Waals surface area contributed by atoms with Gasteiger partial charge in [0, 0.05) is 12.3 Å². The van der Waals surface area contributed by atoms with Crippen molar-refractivity contribution < 1.29 is 4.79 Å². The highest BCUT2D eigenvalue weighted by Crippen LogP contribution is 2.13. The molecule has 0 fully saturated rings. The molecule has 1 aliphatic rings. The number of hydrogen-bond acceptors (Lipinski definition) is 1. The van der Waals surface area contributed by atoms with Crippen LogP contribution >= 0.6 is 0 Å². The fourth-order valence-corrected chi connectivity index (χ4v) is 0.885.